The molecule has 0 atom stereocenters. The molecule has 0 fully saturated rings. The van der Waals surface area contributed by atoms with Crippen LogP contribution in [-0.4, -0.2) is 22.4 Å². The third kappa shape index (κ3) is 3.81. The number of nitrogens with zero attached hydrogens (tertiary/aromatic N) is 2. The maximum Gasteiger partial charge on any atom is 0.416 e. The first-order valence-electron chi connectivity index (χ1n) is 8.45. The number of carbonyl (C=O) groups is 1. The average Bonchev–Trinajstić information content (AvgIpc) is 3.28. The van der Waals surface area contributed by atoms with Gasteiger partial charge in [0.25, 0.3) is 5.91 Å². The number of alkyl halides is 3. The number of hydrogen-bond donors (Lipinski definition) is 1. The molecule has 4 aromatic rings. The van der Waals surface area contributed by atoms with Crippen molar-refractivity contribution in [3.05, 3.63) is 71.4 Å². The van der Waals surface area contributed by atoms with Gasteiger partial charge in [-0.05, 0) is 42.5 Å². The summed E-state index contributed by atoms with van der Waals surface area (Å²) in [5, 5.41) is 4.13. The standard InChI is InChI=1S/C20H14F3N3O2S/c1-28-15-7-5-12(6-8-15)16-10-26-17(11-29-19(26)25-16)18(27)24-14-4-2-3-13(9-14)20(21,22)23/h2-11H,1H3,(H,24,27). The lowest BCUT2D eigenvalue weighted by Crippen LogP contribution is -2.14. The van der Waals surface area contributed by atoms with Gasteiger partial charge in [0.15, 0.2) is 4.96 Å². The van der Waals surface area contributed by atoms with Crippen LogP contribution in [0.5, 0.6) is 5.75 Å². The van der Waals surface area contributed by atoms with E-state index >= 15 is 0 Å². The summed E-state index contributed by atoms with van der Waals surface area (Å²) < 4.78 is 45.4. The van der Waals surface area contributed by atoms with E-state index in [-0.39, 0.29) is 11.4 Å². The van der Waals surface area contributed by atoms with Crippen molar-refractivity contribution in [2.24, 2.45) is 0 Å². The molecule has 0 aliphatic carbocycles. The zero-order chi connectivity index (χ0) is 20.6. The van der Waals surface area contributed by atoms with E-state index in [1.807, 2.05) is 24.3 Å². The van der Waals surface area contributed by atoms with Gasteiger partial charge >= 0.3 is 6.18 Å². The second kappa shape index (κ2) is 7.25. The summed E-state index contributed by atoms with van der Waals surface area (Å²) >= 11 is 1.27. The van der Waals surface area contributed by atoms with Crippen molar-refractivity contribution in [1.29, 1.82) is 0 Å². The number of halogens is 3. The van der Waals surface area contributed by atoms with Gasteiger partial charge in [0, 0.05) is 22.8 Å². The predicted molar refractivity (Wildman–Crippen MR) is 104 cm³/mol. The Morgan fingerprint density at radius 2 is 1.93 bits per heavy atom. The smallest absolute Gasteiger partial charge is 0.416 e. The molecule has 0 radical (unpaired) electrons. The van der Waals surface area contributed by atoms with Gasteiger partial charge in [0.2, 0.25) is 0 Å². The molecule has 2 aromatic carbocycles. The number of aromatic nitrogens is 2. The lowest BCUT2D eigenvalue weighted by Gasteiger charge is -2.09. The summed E-state index contributed by atoms with van der Waals surface area (Å²) in [6.07, 6.45) is -2.76. The van der Waals surface area contributed by atoms with Crippen molar-refractivity contribution in [2.45, 2.75) is 6.18 Å². The molecule has 0 aliphatic heterocycles. The van der Waals surface area contributed by atoms with Crippen molar-refractivity contribution in [1.82, 2.24) is 9.38 Å². The number of benzene rings is 2. The van der Waals surface area contributed by atoms with Crippen LogP contribution in [0.1, 0.15) is 16.1 Å². The molecular weight excluding hydrogens is 403 g/mol. The van der Waals surface area contributed by atoms with E-state index in [9.17, 15) is 18.0 Å². The molecule has 2 aromatic heterocycles. The number of nitrogens with one attached hydrogen (secondary N) is 1. The van der Waals surface area contributed by atoms with Crippen LogP contribution in [0.25, 0.3) is 16.2 Å². The van der Waals surface area contributed by atoms with Gasteiger partial charge in [-0.3, -0.25) is 9.20 Å². The van der Waals surface area contributed by atoms with Crippen molar-refractivity contribution in [2.75, 3.05) is 12.4 Å². The molecule has 0 aliphatic rings. The highest BCUT2D eigenvalue weighted by Gasteiger charge is 2.30. The first kappa shape index (κ1) is 19.0. The van der Waals surface area contributed by atoms with Crippen LogP contribution < -0.4 is 10.1 Å². The molecule has 29 heavy (non-hydrogen) atoms. The Labute approximate surface area is 167 Å². The third-order valence-electron chi connectivity index (χ3n) is 4.28. The fourth-order valence-corrected chi connectivity index (χ4v) is 3.67. The highest BCUT2D eigenvalue weighted by molar-refractivity contribution is 7.15. The minimum atomic E-state index is -4.48. The van der Waals surface area contributed by atoms with Gasteiger partial charge in [-0.15, -0.1) is 11.3 Å². The summed E-state index contributed by atoms with van der Waals surface area (Å²) in [5.74, 6) is 0.199. The Bertz CT molecular complexity index is 1180. The average molecular weight is 417 g/mol. The Morgan fingerprint density at radius 1 is 1.17 bits per heavy atom. The summed E-state index contributed by atoms with van der Waals surface area (Å²) in [6, 6.07) is 11.8. The molecule has 0 unspecified atom stereocenters. The highest BCUT2D eigenvalue weighted by atomic mass is 32.1. The van der Waals surface area contributed by atoms with Gasteiger partial charge < -0.3 is 10.1 Å². The van der Waals surface area contributed by atoms with Crippen LogP contribution in [0, 0.1) is 0 Å². The van der Waals surface area contributed by atoms with Gasteiger partial charge in [0.1, 0.15) is 11.4 Å². The Kier molecular flexibility index (Phi) is 4.75. The van der Waals surface area contributed by atoms with Crippen LogP contribution >= 0.6 is 11.3 Å². The number of hydrogen-bond acceptors (Lipinski definition) is 4. The van der Waals surface area contributed by atoms with E-state index in [2.05, 4.69) is 10.3 Å². The summed E-state index contributed by atoms with van der Waals surface area (Å²) in [5.41, 5.74) is 1.06. The van der Waals surface area contributed by atoms with Gasteiger partial charge in [-0.25, -0.2) is 4.98 Å². The van der Waals surface area contributed by atoms with E-state index in [4.69, 9.17) is 4.74 Å². The first-order valence-corrected chi connectivity index (χ1v) is 9.33. The molecular formula is C20H14F3N3O2S. The topological polar surface area (TPSA) is 55.6 Å². The highest BCUT2D eigenvalue weighted by Crippen LogP contribution is 2.31. The number of imidazole rings is 1. The monoisotopic (exact) mass is 417 g/mol. The Morgan fingerprint density at radius 3 is 2.62 bits per heavy atom. The molecule has 148 valence electrons. The summed E-state index contributed by atoms with van der Waals surface area (Å²) in [4.78, 5) is 17.7. The number of carbonyl (C=O) groups excluding carboxylic acids is 1. The van der Waals surface area contributed by atoms with E-state index in [1.165, 1.54) is 23.5 Å². The fraction of sp³-hybridized carbons (Fsp3) is 0.100. The molecule has 2 heterocycles. The fourth-order valence-electron chi connectivity index (χ4n) is 2.82. The van der Waals surface area contributed by atoms with Crippen molar-refractivity contribution >= 4 is 27.9 Å². The van der Waals surface area contributed by atoms with E-state index < -0.39 is 17.6 Å². The van der Waals surface area contributed by atoms with Gasteiger partial charge in [-0.1, -0.05) is 6.07 Å². The molecule has 4 rings (SSSR count). The number of thiazole rings is 1. The molecule has 0 saturated heterocycles. The van der Waals surface area contributed by atoms with Gasteiger partial charge in [-0.2, -0.15) is 13.2 Å². The predicted octanol–water partition coefficient (Wildman–Crippen LogP) is 5.34. The zero-order valence-corrected chi connectivity index (χ0v) is 15.8. The molecule has 1 amide bonds. The van der Waals surface area contributed by atoms with Crippen LogP contribution in [0.3, 0.4) is 0 Å². The zero-order valence-electron chi connectivity index (χ0n) is 15.0. The first-order chi connectivity index (χ1) is 13.8. The molecule has 1 N–H and O–H groups in total. The van der Waals surface area contributed by atoms with Crippen molar-refractivity contribution in [3.8, 4) is 17.0 Å². The Hall–Kier alpha value is -3.33. The van der Waals surface area contributed by atoms with Crippen LogP contribution in [-0.2, 0) is 6.18 Å². The quantitative estimate of drug-likeness (QED) is 0.488. The summed E-state index contributed by atoms with van der Waals surface area (Å²) in [6.45, 7) is 0. The lowest BCUT2D eigenvalue weighted by atomic mass is 10.2. The number of amides is 1. The van der Waals surface area contributed by atoms with Crippen LogP contribution in [0.2, 0.25) is 0 Å². The second-order valence-corrected chi connectivity index (χ2v) is 7.00. The van der Waals surface area contributed by atoms with Gasteiger partial charge in [0.05, 0.1) is 18.4 Å². The molecule has 9 heteroatoms. The molecule has 0 spiro atoms. The minimum absolute atomic E-state index is 0.0691. The van der Waals surface area contributed by atoms with Crippen molar-refractivity contribution < 1.29 is 22.7 Å². The van der Waals surface area contributed by atoms with Crippen LogP contribution in [0.4, 0.5) is 18.9 Å². The number of fused-ring (bicyclic) bond motifs is 1. The second-order valence-electron chi connectivity index (χ2n) is 6.16. The number of ether oxygens (including phenoxy) is 1. The maximum atomic E-state index is 12.9. The van der Waals surface area contributed by atoms with Crippen molar-refractivity contribution in [3.63, 3.8) is 0 Å². The molecule has 5 nitrogen and oxygen atoms in total. The van der Waals surface area contributed by atoms with E-state index in [0.29, 0.717) is 10.7 Å². The third-order valence-corrected chi connectivity index (χ3v) is 5.12. The lowest BCUT2D eigenvalue weighted by molar-refractivity contribution is -0.137. The normalized spacial score (nSPS) is 11.6. The summed E-state index contributed by atoms with van der Waals surface area (Å²) in [7, 11) is 1.58. The van der Waals surface area contributed by atoms with E-state index in [0.717, 1.165) is 23.4 Å². The number of anilines is 1. The maximum absolute atomic E-state index is 12.9. The molecule has 0 bridgehead atoms. The van der Waals surface area contributed by atoms with Crippen LogP contribution in [0.15, 0.2) is 60.1 Å². The molecule has 0 saturated carbocycles. The van der Waals surface area contributed by atoms with E-state index in [1.54, 1.807) is 23.1 Å². The number of methoxy groups -OCH3 is 1. The Balaban J connectivity index is 1.61. The minimum Gasteiger partial charge on any atom is -0.497 e. The SMILES string of the molecule is COc1ccc(-c2cn3c(C(=O)Nc4cccc(C(F)(F)F)c4)csc3n2)cc1. The number of rotatable bonds is 4. The largest absolute Gasteiger partial charge is 0.497 e.